The molecule has 3 rings (SSSR count). The van der Waals surface area contributed by atoms with Crippen LogP contribution in [0.5, 0.6) is 0 Å². The molecule has 2 N–H and O–H groups in total. The van der Waals surface area contributed by atoms with Gasteiger partial charge in [0.2, 0.25) is 5.91 Å². The zero-order valence-electron chi connectivity index (χ0n) is 12.0. The van der Waals surface area contributed by atoms with Gasteiger partial charge in [0, 0.05) is 24.6 Å². The number of anilines is 1. The maximum Gasteiger partial charge on any atom is 0.228 e. The molecule has 1 aliphatic rings. The predicted octanol–water partition coefficient (Wildman–Crippen LogP) is 1.87. The summed E-state index contributed by atoms with van der Waals surface area (Å²) in [6.07, 6.45) is 5.73. The number of hydrogen-bond donors (Lipinski definition) is 2. The first kappa shape index (κ1) is 13.8. The summed E-state index contributed by atoms with van der Waals surface area (Å²) in [5.74, 6) is 0.187. The lowest BCUT2D eigenvalue weighted by atomic mass is 9.99. The SMILES string of the molecule is O=C(Nc1cccc(Cn2cccn2)c1)C1CCCNC1. The molecule has 1 unspecified atom stereocenters. The molecular formula is C16H20N4O. The van der Waals surface area contributed by atoms with Crippen LogP contribution in [-0.4, -0.2) is 28.8 Å². The highest BCUT2D eigenvalue weighted by molar-refractivity contribution is 5.92. The number of aromatic nitrogens is 2. The molecular weight excluding hydrogens is 264 g/mol. The molecule has 21 heavy (non-hydrogen) atoms. The summed E-state index contributed by atoms with van der Waals surface area (Å²) in [5.41, 5.74) is 1.98. The monoisotopic (exact) mass is 284 g/mol. The Labute approximate surface area is 124 Å². The van der Waals surface area contributed by atoms with E-state index in [1.54, 1.807) is 6.20 Å². The molecule has 0 aliphatic carbocycles. The first-order valence-electron chi connectivity index (χ1n) is 7.39. The molecule has 0 bridgehead atoms. The number of piperidine rings is 1. The van der Waals surface area contributed by atoms with Crippen molar-refractivity contribution in [2.24, 2.45) is 5.92 Å². The van der Waals surface area contributed by atoms with Crippen LogP contribution >= 0.6 is 0 Å². The van der Waals surface area contributed by atoms with E-state index in [0.29, 0.717) is 6.54 Å². The van der Waals surface area contributed by atoms with Crippen molar-refractivity contribution < 1.29 is 4.79 Å². The second-order valence-corrected chi connectivity index (χ2v) is 5.44. The molecule has 1 aromatic carbocycles. The summed E-state index contributed by atoms with van der Waals surface area (Å²) in [6.45, 7) is 2.50. The van der Waals surface area contributed by atoms with E-state index in [-0.39, 0.29) is 11.8 Å². The molecule has 0 saturated carbocycles. The van der Waals surface area contributed by atoms with Gasteiger partial charge < -0.3 is 10.6 Å². The van der Waals surface area contributed by atoms with Crippen molar-refractivity contribution in [2.75, 3.05) is 18.4 Å². The fourth-order valence-electron chi connectivity index (χ4n) is 2.65. The second kappa shape index (κ2) is 6.54. The Morgan fingerprint density at radius 3 is 3.14 bits per heavy atom. The minimum Gasteiger partial charge on any atom is -0.326 e. The number of carbonyl (C=O) groups excluding carboxylic acids is 1. The van der Waals surface area contributed by atoms with E-state index < -0.39 is 0 Å². The largest absolute Gasteiger partial charge is 0.326 e. The minimum atomic E-state index is 0.0773. The third kappa shape index (κ3) is 3.70. The Morgan fingerprint density at radius 2 is 2.38 bits per heavy atom. The van der Waals surface area contributed by atoms with Crippen LogP contribution in [-0.2, 0) is 11.3 Å². The fraction of sp³-hybridized carbons (Fsp3) is 0.375. The summed E-state index contributed by atoms with van der Waals surface area (Å²) in [4.78, 5) is 12.2. The van der Waals surface area contributed by atoms with Gasteiger partial charge in [-0.1, -0.05) is 12.1 Å². The summed E-state index contributed by atoms with van der Waals surface area (Å²) in [5, 5.41) is 10.5. The van der Waals surface area contributed by atoms with E-state index in [0.717, 1.165) is 37.2 Å². The molecule has 1 fully saturated rings. The molecule has 2 heterocycles. The van der Waals surface area contributed by atoms with Crippen LogP contribution in [0.3, 0.4) is 0 Å². The molecule has 1 aliphatic heterocycles. The van der Waals surface area contributed by atoms with Crippen molar-refractivity contribution in [3.8, 4) is 0 Å². The van der Waals surface area contributed by atoms with Crippen LogP contribution in [0.2, 0.25) is 0 Å². The number of benzene rings is 1. The number of hydrogen-bond acceptors (Lipinski definition) is 3. The van der Waals surface area contributed by atoms with E-state index in [4.69, 9.17) is 0 Å². The predicted molar refractivity (Wildman–Crippen MR) is 82.0 cm³/mol. The average Bonchev–Trinajstić information content (AvgIpc) is 3.01. The van der Waals surface area contributed by atoms with E-state index in [2.05, 4.69) is 15.7 Å². The third-order valence-electron chi connectivity index (χ3n) is 3.77. The molecule has 110 valence electrons. The fourth-order valence-corrected chi connectivity index (χ4v) is 2.65. The van der Waals surface area contributed by atoms with Crippen LogP contribution in [0.25, 0.3) is 0 Å². The normalized spacial score (nSPS) is 18.4. The second-order valence-electron chi connectivity index (χ2n) is 5.44. The zero-order valence-corrected chi connectivity index (χ0v) is 12.0. The number of carbonyl (C=O) groups is 1. The Balaban J connectivity index is 1.63. The highest BCUT2D eigenvalue weighted by Gasteiger charge is 2.20. The molecule has 5 nitrogen and oxygen atoms in total. The molecule has 2 aromatic rings. The number of rotatable bonds is 4. The molecule has 1 atom stereocenters. The van der Waals surface area contributed by atoms with Gasteiger partial charge in [-0.05, 0) is 43.1 Å². The highest BCUT2D eigenvalue weighted by Crippen LogP contribution is 2.16. The van der Waals surface area contributed by atoms with Gasteiger partial charge in [-0.15, -0.1) is 0 Å². The summed E-state index contributed by atoms with van der Waals surface area (Å²) in [6, 6.07) is 9.85. The van der Waals surface area contributed by atoms with Crippen molar-refractivity contribution >= 4 is 11.6 Å². The first-order valence-corrected chi connectivity index (χ1v) is 7.39. The van der Waals surface area contributed by atoms with Crippen molar-refractivity contribution in [3.05, 3.63) is 48.3 Å². The number of nitrogens with zero attached hydrogens (tertiary/aromatic N) is 2. The molecule has 1 amide bonds. The van der Waals surface area contributed by atoms with E-state index in [1.165, 1.54) is 0 Å². The van der Waals surface area contributed by atoms with Crippen LogP contribution < -0.4 is 10.6 Å². The Bertz CT molecular complexity index is 588. The quantitative estimate of drug-likeness (QED) is 0.901. The van der Waals surface area contributed by atoms with Crippen molar-refractivity contribution in [1.82, 2.24) is 15.1 Å². The van der Waals surface area contributed by atoms with Gasteiger partial charge in [0.1, 0.15) is 0 Å². The summed E-state index contributed by atoms with van der Waals surface area (Å²) < 4.78 is 1.87. The lowest BCUT2D eigenvalue weighted by molar-refractivity contribution is -0.120. The Hall–Kier alpha value is -2.14. The van der Waals surface area contributed by atoms with Crippen molar-refractivity contribution in [1.29, 1.82) is 0 Å². The summed E-state index contributed by atoms with van der Waals surface area (Å²) >= 11 is 0. The van der Waals surface area contributed by atoms with Crippen LogP contribution in [0.4, 0.5) is 5.69 Å². The molecule has 5 heteroatoms. The van der Waals surface area contributed by atoms with Crippen LogP contribution in [0.1, 0.15) is 18.4 Å². The van der Waals surface area contributed by atoms with Gasteiger partial charge in [0.05, 0.1) is 12.5 Å². The van der Waals surface area contributed by atoms with Gasteiger partial charge in [0.25, 0.3) is 0 Å². The minimum absolute atomic E-state index is 0.0773. The standard InChI is InChI=1S/C16H20N4O/c21-16(14-5-2-7-17-11-14)19-15-6-1-4-13(10-15)12-20-9-3-8-18-20/h1,3-4,6,8-10,14,17H,2,5,7,11-12H2,(H,19,21). The van der Waals surface area contributed by atoms with Gasteiger partial charge >= 0.3 is 0 Å². The number of amides is 1. The topological polar surface area (TPSA) is 59.0 Å². The van der Waals surface area contributed by atoms with Gasteiger partial charge in [-0.2, -0.15) is 5.10 Å². The average molecular weight is 284 g/mol. The zero-order chi connectivity index (χ0) is 14.5. The number of nitrogens with one attached hydrogen (secondary N) is 2. The smallest absolute Gasteiger partial charge is 0.228 e. The molecule has 0 radical (unpaired) electrons. The van der Waals surface area contributed by atoms with Gasteiger partial charge in [-0.25, -0.2) is 0 Å². The first-order chi connectivity index (χ1) is 10.3. The van der Waals surface area contributed by atoms with E-state index in [9.17, 15) is 4.79 Å². The van der Waals surface area contributed by atoms with Gasteiger partial charge in [-0.3, -0.25) is 9.48 Å². The van der Waals surface area contributed by atoms with Crippen LogP contribution in [0, 0.1) is 5.92 Å². The lowest BCUT2D eigenvalue weighted by Gasteiger charge is -2.22. The summed E-state index contributed by atoms with van der Waals surface area (Å²) in [7, 11) is 0. The highest BCUT2D eigenvalue weighted by atomic mass is 16.1. The van der Waals surface area contributed by atoms with Crippen LogP contribution in [0.15, 0.2) is 42.7 Å². The lowest BCUT2D eigenvalue weighted by Crippen LogP contribution is -2.37. The third-order valence-corrected chi connectivity index (χ3v) is 3.77. The van der Waals surface area contributed by atoms with E-state index in [1.807, 2.05) is 41.2 Å². The Morgan fingerprint density at radius 1 is 1.43 bits per heavy atom. The maximum atomic E-state index is 12.2. The van der Waals surface area contributed by atoms with Gasteiger partial charge in [0.15, 0.2) is 0 Å². The molecule has 1 saturated heterocycles. The van der Waals surface area contributed by atoms with Crippen molar-refractivity contribution in [3.63, 3.8) is 0 Å². The van der Waals surface area contributed by atoms with Crippen molar-refractivity contribution in [2.45, 2.75) is 19.4 Å². The Kier molecular flexibility index (Phi) is 4.31. The molecule has 1 aromatic heterocycles. The maximum absolute atomic E-state index is 12.2. The molecule has 0 spiro atoms. The van der Waals surface area contributed by atoms with E-state index >= 15 is 0 Å².